The lowest BCUT2D eigenvalue weighted by atomic mass is 9.63. The minimum atomic E-state index is -0.486. The molecule has 0 saturated heterocycles. The van der Waals surface area contributed by atoms with Gasteiger partial charge in [0.1, 0.15) is 5.75 Å². The van der Waals surface area contributed by atoms with Gasteiger partial charge in [0, 0.05) is 53.5 Å². The van der Waals surface area contributed by atoms with E-state index in [2.05, 4.69) is 94.0 Å². The van der Waals surface area contributed by atoms with Crippen molar-refractivity contribution in [3.63, 3.8) is 0 Å². The number of benzene rings is 3. The van der Waals surface area contributed by atoms with E-state index in [-0.39, 0.29) is 34.9 Å². The van der Waals surface area contributed by atoms with E-state index in [1.807, 2.05) is 50.2 Å². The van der Waals surface area contributed by atoms with Gasteiger partial charge in [0.2, 0.25) is 0 Å². The van der Waals surface area contributed by atoms with Crippen molar-refractivity contribution in [1.29, 1.82) is 0 Å². The van der Waals surface area contributed by atoms with Crippen LogP contribution in [0.15, 0.2) is 92.1 Å². The summed E-state index contributed by atoms with van der Waals surface area (Å²) < 4.78 is 7.31. The van der Waals surface area contributed by atoms with Gasteiger partial charge < -0.3 is 15.0 Å². The molecule has 1 amide bonds. The zero-order valence-electron chi connectivity index (χ0n) is 29.1. The number of halogens is 2. The van der Waals surface area contributed by atoms with Gasteiger partial charge in [-0.15, -0.1) is 0 Å². The van der Waals surface area contributed by atoms with Crippen LogP contribution in [0, 0.1) is 24.7 Å². The fraction of sp³-hybridized carbons (Fsp3) is 0.390. The number of Topliss-reactive ketones (excluding diaryl/α,β-unsaturated/α-hetero) is 2. The van der Waals surface area contributed by atoms with Gasteiger partial charge in [0.05, 0.1) is 8.95 Å². The molecule has 1 aliphatic heterocycles. The van der Waals surface area contributed by atoms with Crippen LogP contribution in [-0.2, 0) is 20.8 Å². The van der Waals surface area contributed by atoms with E-state index in [0.29, 0.717) is 34.1 Å². The Morgan fingerprint density at radius 2 is 1.41 bits per heavy atom. The largest absolute Gasteiger partial charge is 0.481 e. The molecule has 3 aliphatic rings. The summed E-state index contributed by atoms with van der Waals surface area (Å²) in [6.45, 7) is 13.1. The average molecular weight is 789 g/mol. The second kappa shape index (κ2) is 13.7. The van der Waals surface area contributed by atoms with Gasteiger partial charge in [0.15, 0.2) is 18.2 Å². The Morgan fingerprint density at radius 1 is 0.837 bits per heavy atom. The van der Waals surface area contributed by atoms with Crippen LogP contribution in [0.5, 0.6) is 5.75 Å². The Balaban J connectivity index is 1.37. The zero-order valence-corrected chi connectivity index (χ0v) is 32.3. The Labute approximate surface area is 306 Å². The molecule has 49 heavy (non-hydrogen) atoms. The Kier molecular flexibility index (Phi) is 9.86. The number of hydrogen-bond acceptors (Lipinski definition) is 5. The number of ketones is 2. The maximum atomic E-state index is 14.3. The van der Waals surface area contributed by atoms with Gasteiger partial charge in [-0.25, -0.2) is 0 Å². The van der Waals surface area contributed by atoms with E-state index in [9.17, 15) is 14.4 Å². The lowest BCUT2D eigenvalue weighted by Crippen LogP contribution is -2.45. The number of rotatable bonds is 8. The molecule has 0 atom stereocenters. The number of amides is 1. The van der Waals surface area contributed by atoms with Crippen LogP contribution in [0.4, 0.5) is 5.69 Å². The highest BCUT2D eigenvalue weighted by molar-refractivity contribution is 9.11. The molecule has 0 spiro atoms. The monoisotopic (exact) mass is 786 g/mol. The molecule has 3 aromatic carbocycles. The molecule has 2 aliphatic carbocycles. The van der Waals surface area contributed by atoms with Crippen LogP contribution in [-0.4, -0.2) is 35.5 Å². The van der Waals surface area contributed by atoms with Crippen molar-refractivity contribution in [2.24, 2.45) is 10.8 Å². The normalized spacial score (nSPS) is 18.7. The molecule has 0 bridgehead atoms. The third-order valence-corrected chi connectivity index (χ3v) is 11.0. The summed E-state index contributed by atoms with van der Waals surface area (Å²) in [5.41, 5.74) is 8.08. The first-order valence-electron chi connectivity index (χ1n) is 17.0. The van der Waals surface area contributed by atoms with Gasteiger partial charge in [-0.05, 0) is 111 Å². The zero-order chi connectivity index (χ0) is 35.2. The molecule has 256 valence electrons. The van der Waals surface area contributed by atoms with Crippen LogP contribution >= 0.6 is 31.9 Å². The van der Waals surface area contributed by atoms with Crippen molar-refractivity contribution in [2.45, 2.75) is 79.6 Å². The van der Waals surface area contributed by atoms with Gasteiger partial charge in [-0.3, -0.25) is 14.4 Å². The van der Waals surface area contributed by atoms with E-state index < -0.39 is 5.92 Å². The molecule has 1 N–H and O–H groups in total. The summed E-state index contributed by atoms with van der Waals surface area (Å²) in [4.78, 5) is 43.7. The smallest absolute Gasteiger partial charge is 0.262 e. The Hall–Kier alpha value is -3.49. The number of allylic oxidation sites excluding steroid dienone is 4. The summed E-state index contributed by atoms with van der Waals surface area (Å²) in [6, 6.07) is 20.2. The minimum Gasteiger partial charge on any atom is -0.481 e. The van der Waals surface area contributed by atoms with Crippen LogP contribution < -0.4 is 10.1 Å². The first-order chi connectivity index (χ1) is 23.1. The van der Waals surface area contributed by atoms with Crippen LogP contribution in [0.2, 0.25) is 0 Å². The highest BCUT2D eigenvalue weighted by Gasteiger charge is 2.49. The van der Waals surface area contributed by atoms with Crippen molar-refractivity contribution in [3.05, 3.63) is 114 Å². The summed E-state index contributed by atoms with van der Waals surface area (Å²) in [7, 11) is 0. The summed E-state index contributed by atoms with van der Waals surface area (Å²) in [5, 5.41) is 2.93. The number of nitrogens with one attached hydrogen (secondary N) is 1. The molecule has 0 aromatic heterocycles. The average Bonchev–Trinajstić information content (AvgIpc) is 3.00. The lowest BCUT2D eigenvalue weighted by molar-refractivity contribution is -0.120. The fourth-order valence-electron chi connectivity index (χ4n) is 7.70. The molecule has 8 heteroatoms. The first kappa shape index (κ1) is 35.3. The quantitative estimate of drug-likeness (QED) is 0.246. The molecule has 6 nitrogen and oxygen atoms in total. The second-order valence-electron chi connectivity index (χ2n) is 15.4. The highest BCUT2D eigenvalue weighted by atomic mass is 79.9. The minimum absolute atomic E-state index is 0.0980. The number of carbonyl (C=O) groups is 3. The number of nitrogens with zero attached hydrogens (tertiary/aromatic N) is 1. The molecule has 3 aromatic rings. The SMILES string of the molecule is Cc1ccc(NC(=O)COc2c(Br)cc(C3C4=C(CC(C)(C)CC4=O)N(CCc4ccccc4)C4=C3C(=O)CC(C)(C)C4)cc2Br)c(C)c1. The second-order valence-corrected chi connectivity index (χ2v) is 17.1. The van der Waals surface area contributed by atoms with Crippen molar-refractivity contribution in [1.82, 2.24) is 4.90 Å². The predicted molar refractivity (Wildman–Crippen MR) is 202 cm³/mol. The van der Waals surface area contributed by atoms with Crippen molar-refractivity contribution < 1.29 is 19.1 Å². The number of aryl methyl sites for hydroxylation is 2. The number of anilines is 1. The Bertz CT molecular complexity index is 1830. The maximum absolute atomic E-state index is 14.3. The molecule has 0 unspecified atom stereocenters. The lowest BCUT2D eigenvalue weighted by Gasteiger charge is -2.49. The molecular formula is C41H44Br2N2O4. The van der Waals surface area contributed by atoms with Crippen LogP contribution in [0.1, 0.15) is 81.5 Å². The highest BCUT2D eigenvalue weighted by Crippen LogP contribution is 2.55. The van der Waals surface area contributed by atoms with Gasteiger partial charge in [-0.1, -0.05) is 75.7 Å². The molecule has 1 heterocycles. The summed E-state index contributed by atoms with van der Waals surface area (Å²) in [6.07, 6.45) is 3.17. The molecule has 0 radical (unpaired) electrons. The van der Waals surface area contributed by atoms with Crippen molar-refractivity contribution in [2.75, 3.05) is 18.5 Å². The van der Waals surface area contributed by atoms with E-state index in [4.69, 9.17) is 4.74 Å². The maximum Gasteiger partial charge on any atom is 0.262 e. The van der Waals surface area contributed by atoms with E-state index in [1.54, 1.807) is 0 Å². The standard InChI is InChI=1S/C41H44Br2N2O4/c1-24-12-13-30(25(2)16-24)44-35(48)23-49-39-28(42)17-27(18-29(39)43)36-37-31(19-40(3,4)21-33(37)46)45(15-14-26-10-8-7-9-11-26)32-20-41(5,6)22-34(47)38(32)36/h7-13,16-18,36H,14-15,19-23H2,1-6H3,(H,44,48). The number of ether oxygens (including phenoxy) is 1. The first-order valence-corrected chi connectivity index (χ1v) is 18.5. The summed E-state index contributed by atoms with van der Waals surface area (Å²) in [5.74, 6) is -0.0789. The third-order valence-electron chi connectivity index (χ3n) is 9.85. The fourth-order valence-corrected chi connectivity index (χ4v) is 9.15. The number of carbonyl (C=O) groups excluding carboxylic acids is 3. The van der Waals surface area contributed by atoms with E-state index >= 15 is 0 Å². The topological polar surface area (TPSA) is 75.7 Å². The molecule has 0 fully saturated rings. The molecule has 0 saturated carbocycles. The number of hydrogen-bond donors (Lipinski definition) is 1. The Morgan fingerprint density at radius 3 is 1.96 bits per heavy atom. The summed E-state index contributed by atoms with van der Waals surface area (Å²) >= 11 is 7.41. The molecule has 6 rings (SSSR count). The predicted octanol–water partition coefficient (Wildman–Crippen LogP) is 9.77. The van der Waals surface area contributed by atoms with E-state index in [1.165, 1.54) is 5.56 Å². The van der Waals surface area contributed by atoms with Gasteiger partial charge >= 0.3 is 0 Å². The van der Waals surface area contributed by atoms with Crippen LogP contribution in [0.25, 0.3) is 0 Å². The van der Waals surface area contributed by atoms with Crippen LogP contribution in [0.3, 0.4) is 0 Å². The van der Waals surface area contributed by atoms with Gasteiger partial charge in [-0.2, -0.15) is 0 Å². The van der Waals surface area contributed by atoms with Crippen molar-refractivity contribution in [3.8, 4) is 5.75 Å². The van der Waals surface area contributed by atoms with E-state index in [0.717, 1.165) is 64.2 Å². The van der Waals surface area contributed by atoms with Gasteiger partial charge in [0.25, 0.3) is 5.91 Å². The molecular weight excluding hydrogens is 744 g/mol. The third kappa shape index (κ3) is 7.51. The van der Waals surface area contributed by atoms with Crippen molar-refractivity contribution >= 4 is 55.0 Å².